The number of rotatable bonds is 8. The summed E-state index contributed by atoms with van der Waals surface area (Å²) in [7, 11) is 0. The molecule has 0 aliphatic rings. The van der Waals surface area contributed by atoms with Crippen molar-refractivity contribution in [1.82, 2.24) is 0 Å². The lowest BCUT2D eigenvalue weighted by Gasteiger charge is -2.35. The molecule has 4 heteroatoms. The fourth-order valence-electron chi connectivity index (χ4n) is 3.16. The van der Waals surface area contributed by atoms with Gasteiger partial charge in [-0.25, -0.2) is 4.79 Å². The quantitative estimate of drug-likeness (QED) is 0.754. The lowest BCUT2D eigenvalue weighted by atomic mass is 9.80. The van der Waals surface area contributed by atoms with Gasteiger partial charge in [0.1, 0.15) is 5.60 Å². The van der Waals surface area contributed by atoms with E-state index in [-0.39, 0.29) is 5.92 Å². The van der Waals surface area contributed by atoms with Crippen molar-refractivity contribution in [2.24, 2.45) is 11.7 Å². The summed E-state index contributed by atoms with van der Waals surface area (Å²) in [4.78, 5) is 11.3. The minimum absolute atomic E-state index is 0.0320. The van der Waals surface area contributed by atoms with Crippen LogP contribution in [0.3, 0.4) is 0 Å². The molecule has 1 amide bonds. The zero-order chi connectivity index (χ0) is 18.3. The number of hydrogen-bond acceptors (Lipinski definition) is 3. The highest BCUT2D eigenvalue weighted by molar-refractivity contribution is 5.65. The van der Waals surface area contributed by atoms with Crippen molar-refractivity contribution in [3.8, 4) is 0 Å². The second-order valence-electron chi connectivity index (χ2n) is 6.91. The van der Waals surface area contributed by atoms with Crippen molar-refractivity contribution in [1.29, 1.82) is 0 Å². The number of aliphatic hydroxyl groups excluding tert-OH is 1. The average molecular weight is 341 g/mol. The molecule has 2 unspecified atom stereocenters. The summed E-state index contributed by atoms with van der Waals surface area (Å²) in [5.74, 6) is -0.0320. The highest BCUT2D eigenvalue weighted by Gasteiger charge is 2.34. The highest BCUT2D eigenvalue weighted by Crippen LogP contribution is 2.34. The van der Waals surface area contributed by atoms with E-state index in [1.807, 2.05) is 62.4 Å². The van der Waals surface area contributed by atoms with Crippen LogP contribution in [0.4, 0.5) is 4.79 Å². The smallest absolute Gasteiger partial charge is 0.405 e. The first kappa shape index (κ1) is 19.0. The van der Waals surface area contributed by atoms with Gasteiger partial charge in [0, 0.05) is 5.92 Å². The standard InChI is InChI=1S/C21H27NO3/c1-21(2,25-20(22)24)18(14-13-16-9-5-3-6-10-16)15-19(23)17-11-7-4-8-12-17/h3-12,18-19,23H,13-15H2,1-2H3,(H2,22,24). The Kier molecular flexibility index (Phi) is 6.59. The van der Waals surface area contributed by atoms with Crippen LogP contribution in [0, 0.1) is 5.92 Å². The molecule has 0 aromatic heterocycles. The number of nitrogens with two attached hydrogens (primary N) is 1. The average Bonchev–Trinajstić information content (AvgIpc) is 2.58. The van der Waals surface area contributed by atoms with Crippen LogP contribution in [0.25, 0.3) is 0 Å². The Balaban J connectivity index is 2.12. The zero-order valence-electron chi connectivity index (χ0n) is 14.9. The lowest BCUT2D eigenvalue weighted by Crippen LogP contribution is -2.39. The monoisotopic (exact) mass is 341 g/mol. The van der Waals surface area contributed by atoms with Crippen molar-refractivity contribution in [2.75, 3.05) is 0 Å². The van der Waals surface area contributed by atoms with Crippen molar-refractivity contribution < 1.29 is 14.6 Å². The van der Waals surface area contributed by atoms with Crippen molar-refractivity contribution >= 4 is 6.09 Å². The van der Waals surface area contributed by atoms with E-state index >= 15 is 0 Å². The first-order valence-corrected chi connectivity index (χ1v) is 8.64. The Hall–Kier alpha value is -2.33. The summed E-state index contributed by atoms with van der Waals surface area (Å²) in [6.45, 7) is 3.70. The van der Waals surface area contributed by atoms with Crippen molar-refractivity contribution in [3.63, 3.8) is 0 Å². The molecule has 0 spiro atoms. The van der Waals surface area contributed by atoms with E-state index in [0.29, 0.717) is 6.42 Å². The molecule has 4 nitrogen and oxygen atoms in total. The van der Waals surface area contributed by atoms with E-state index in [9.17, 15) is 9.90 Å². The van der Waals surface area contributed by atoms with Gasteiger partial charge in [0.2, 0.25) is 0 Å². The Morgan fingerprint density at radius 1 is 1.08 bits per heavy atom. The molecule has 2 rings (SSSR count). The van der Waals surface area contributed by atoms with E-state index in [0.717, 1.165) is 18.4 Å². The maximum atomic E-state index is 11.3. The van der Waals surface area contributed by atoms with Crippen LogP contribution in [0.2, 0.25) is 0 Å². The molecule has 0 saturated heterocycles. The number of carbonyl (C=O) groups excluding carboxylic acids is 1. The normalized spacial score (nSPS) is 13.9. The molecular weight excluding hydrogens is 314 g/mol. The minimum Gasteiger partial charge on any atom is -0.443 e. The molecule has 3 N–H and O–H groups in total. The number of ether oxygens (including phenoxy) is 1. The molecule has 134 valence electrons. The summed E-state index contributed by atoms with van der Waals surface area (Å²) in [6.07, 6.45) is 0.728. The number of hydrogen-bond donors (Lipinski definition) is 2. The molecule has 2 atom stereocenters. The molecule has 2 aromatic rings. The van der Waals surface area contributed by atoms with Gasteiger partial charge in [-0.05, 0) is 44.2 Å². The van der Waals surface area contributed by atoms with Crippen LogP contribution in [-0.2, 0) is 11.2 Å². The molecular formula is C21H27NO3. The fraction of sp³-hybridized carbons (Fsp3) is 0.381. The van der Waals surface area contributed by atoms with Gasteiger partial charge in [-0.2, -0.15) is 0 Å². The number of aryl methyl sites for hydroxylation is 1. The molecule has 0 bridgehead atoms. The Labute approximate surface area is 149 Å². The van der Waals surface area contributed by atoms with Crippen LogP contribution in [0.5, 0.6) is 0 Å². The topological polar surface area (TPSA) is 72.5 Å². The van der Waals surface area contributed by atoms with Crippen LogP contribution in [0.15, 0.2) is 60.7 Å². The first-order chi connectivity index (χ1) is 11.9. The van der Waals surface area contributed by atoms with E-state index < -0.39 is 17.8 Å². The van der Waals surface area contributed by atoms with Crippen LogP contribution in [-0.4, -0.2) is 16.8 Å². The third-order valence-corrected chi connectivity index (χ3v) is 4.66. The third-order valence-electron chi connectivity index (χ3n) is 4.66. The SMILES string of the molecule is CC(C)(OC(N)=O)C(CCc1ccccc1)CC(O)c1ccccc1. The first-order valence-electron chi connectivity index (χ1n) is 8.64. The number of primary amides is 1. The van der Waals surface area contributed by atoms with Gasteiger partial charge in [-0.3, -0.25) is 0 Å². The van der Waals surface area contributed by atoms with Crippen LogP contribution < -0.4 is 5.73 Å². The Bertz CT molecular complexity index is 655. The van der Waals surface area contributed by atoms with Gasteiger partial charge in [0.05, 0.1) is 6.10 Å². The van der Waals surface area contributed by atoms with Crippen LogP contribution >= 0.6 is 0 Å². The molecule has 0 aliphatic heterocycles. The Morgan fingerprint density at radius 3 is 2.20 bits per heavy atom. The van der Waals surface area contributed by atoms with E-state index in [1.165, 1.54) is 5.56 Å². The predicted molar refractivity (Wildman–Crippen MR) is 99.0 cm³/mol. The summed E-state index contributed by atoms with van der Waals surface area (Å²) in [5, 5.41) is 10.6. The van der Waals surface area contributed by atoms with Gasteiger partial charge >= 0.3 is 6.09 Å². The van der Waals surface area contributed by atoms with E-state index in [1.54, 1.807) is 0 Å². The molecule has 0 radical (unpaired) electrons. The van der Waals surface area contributed by atoms with Gasteiger partial charge in [0.15, 0.2) is 0 Å². The second kappa shape index (κ2) is 8.67. The molecule has 0 aliphatic carbocycles. The highest BCUT2D eigenvalue weighted by atomic mass is 16.6. The zero-order valence-corrected chi connectivity index (χ0v) is 14.9. The molecule has 2 aromatic carbocycles. The van der Waals surface area contributed by atoms with Gasteiger partial charge < -0.3 is 15.6 Å². The summed E-state index contributed by atoms with van der Waals surface area (Å²) in [5.41, 5.74) is 6.57. The van der Waals surface area contributed by atoms with Gasteiger partial charge in [0.25, 0.3) is 0 Å². The largest absolute Gasteiger partial charge is 0.443 e. The number of amides is 1. The number of benzene rings is 2. The van der Waals surface area contributed by atoms with Crippen molar-refractivity contribution in [2.45, 2.75) is 44.8 Å². The maximum absolute atomic E-state index is 11.3. The predicted octanol–water partition coefficient (Wildman–Crippen LogP) is 4.23. The van der Waals surface area contributed by atoms with Gasteiger partial charge in [-0.15, -0.1) is 0 Å². The molecule has 0 fully saturated rings. The second-order valence-corrected chi connectivity index (χ2v) is 6.91. The minimum atomic E-state index is -0.788. The fourth-order valence-corrected chi connectivity index (χ4v) is 3.16. The molecule has 0 saturated carbocycles. The summed E-state index contributed by atoms with van der Waals surface area (Å²) < 4.78 is 5.35. The maximum Gasteiger partial charge on any atom is 0.405 e. The summed E-state index contributed by atoms with van der Waals surface area (Å²) in [6, 6.07) is 19.7. The van der Waals surface area contributed by atoms with Crippen molar-refractivity contribution in [3.05, 3.63) is 71.8 Å². The Morgan fingerprint density at radius 2 is 1.64 bits per heavy atom. The number of aliphatic hydroxyl groups is 1. The number of carbonyl (C=O) groups is 1. The van der Waals surface area contributed by atoms with E-state index in [4.69, 9.17) is 10.5 Å². The lowest BCUT2D eigenvalue weighted by molar-refractivity contribution is -0.0232. The van der Waals surface area contributed by atoms with E-state index in [2.05, 4.69) is 12.1 Å². The summed E-state index contributed by atoms with van der Waals surface area (Å²) >= 11 is 0. The third kappa shape index (κ3) is 5.91. The van der Waals surface area contributed by atoms with Crippen LogP contribution in [0.1, 0.15) is 43.9 Å². The molecule has 0 heterocycles. The molecule has 25 heavy (non-hydrogen) atoms. The van der Waals surface area contributed by atoms with Gasteiger partial charge in [-0.1, -0.05) is 60.7 Å².